The molecule has 0 fully saturated rings. The molecule has 1 aromatic carbocycles. The van der Waals surface area contributed by atoms with Crippen LogP contribution in [0.1, 0.15) is 37.6 Å². The SMILES string of the molecule is CCc1ccc2[nH]c(CNC(C)C)c(C)c2c1. The molecule has 0 atom stereocenters. The van der Waals surface area contributed by atoms with Gasteiger partial charge in [-0.05, 0) is 36.6 Å². The number of H-pyrrole nitrogens is 1. The third-order valence-corrected chi connectivity index (χ3v) is 3.32. The number of rotatable bonds is 4. The molecule has 2 heteroatoms. The predicted octanol–water partition coefficient (Wildman–Crippen LogP) is 3.54. The first-order valence-electron chi connectivity index (χ1n) is 6.45. The second kappa shape index (κ2) is 4.92. The van der Waals surface area contributed by atoms with Crippen LogP contribution in [-0.4, -0.2) is 11.0 Å². The van der Waals surface area contributed by atoms with Gasteiger partial charge in [0.25, 0.3) is 0 Å². The zero-order valence-corrected chi connectivity index (χ0v) is 11.2. The monoisotopic (exact) mass is 230 g/mol. The van der Waals surface area contributed by atoms with E-state index in [1.807, 2.05) is 0 Å². The van der Waals surface area contributed by atoms with Crippen LogP contribution >= 0.6 is 0 Å². The molecule has 0 aliphatic rings. The van der Waals surface area contributed by atoms with Gasteiger partial charge in [0.15, 0.2) is 0 Å². The molecule has 92 valence electrons. The lowest BCUT2D eigenvalue weighted by atomic mass is 10.1. The average molecular weight is 230 g/mol. The van der Waals surface area contributed by atoms with Gasteiger partial charge in [-0.3, -0.25) is 0 Å². The summed E-state index contributed by atoms with van der Waals surface area (Å²) < 4.78 is 0. The molecule has 0 saturated heterocycles. The van der Waals surface area contributed by atoms with Gasteiger partial charge in [0.2, 0.25) is 0 Å². The van der Waals surface area contributed by atoms with Crippen molar-refractivity contribution in [1.82, 2.24) is 10.3 Å². The van der Waals surface area contributed by atoms with Crippen molar-refractivity contribution in [3.63, 3.8) is 0 Å². The molecule has 0 aliphatic heterocycles. The Hall–Kier alpha value is -1.28. The summed E-state index contributed by atoms with van der Waals surface area (Å²) >= 11 is 0. The topological polar surface area (TPSA) is 27.8 Å². The lowest BCUT2D eigenvalue weighted by Gasteiger charge is -2.07. The normalized spacial score (nSPS) is 11.6. The minimum Gasteiger partial charge on any atom is -0.357 e. The number of fused-ring (bicyclic) bond motifs is 1. The highest BCUT2D eigenvalue weighted by atomic mass is 14.9. The summed E-state index contributed by atoms with van der Waals surface area (Å²) in [5, 5.41) is 4.83. The lowest BCUT2D eigenvalue weighted by Crippen LogP contribution is -2.22. The van der Waals surface area contributed by atoms with Crippen molar-refractivity contribution in [2.75, 3.05) is 0 Å². The standard InChI is InChI=1S/C15H22N2/c1-5-12-6-7-14-13(8-12)11(4)15(17-14)9-16-10(2)3/h6-8,10,16-17H,5,9H2,1-4H3. The van der Waals surface area contributed by atoms with Gasteiger partial charge in [-0.15, -0.1) is 0 Å². The molecule has 0 unspecified atom stereocenters. The molecule has 1 aromatic heterocycles. The zero-order chi connectivity index (χ0) is 12.4. The summed E-state index contributed by atoms with van der Waals surface area (Å²) in [6.07, 6.45) is 1.10. The predicted molar refractivity (Wildman–Crippen MR) is 74.4 cm³/mol. The quantitative estimate of drug-likeness (QED) is 0.826. The molecule has 0 radical (unpaired) electrons. The van der Waals surface area contributed by atoms with Gasteiger partial charge in [0, 0.05) is 29.2 Å². The second-order valence-electron chi connectivity index (χ2n) is 5.00. The summed E-state index contributed by atoms with van der Waals surface area (Å²) in [5.41, 5.74) is 5.34. The van der Waals surface area contributed by atoms with Gasteiger partial charge in [0.1, 0.15) is 0 Å². The minimum absolute atomic E-state index is 0.520. The van der Waals surface area contributed by atoms with Crippen LogP contribution in [-0.2, 0) is 13.0 Å². The Labute approximate surface area is 103 Å². The molecule has 2 nitrogen and oxygen atoms in total. The van der Waals surface area contributed by atoms with E-state index in [1.165, 1.54) is 27.7 Å². The summed E-state index contributed by atoms with van der Waals surface area (Å²) in [5.74, 6) is 0. The highest BCUT2D eigenvalue weighted by Crippen LogP contribution is 2.23. The van der Waals surface area contributed by atoms with E-state index in [4.69, 9.17) is 0 Å². The molecule has 0 aliphatic carbocycles. The third kappa shape index (κ3) is 2.52. The molecule has 2 aromatic rings. The Morgan fingerprint density at radius 2 is 2.06 bits per heavy atom. The Kier molecular flexibility index (Phi) is 3.53. The van der Waals surface area contributed by atoms with Crippen molar-refractivity contribution in [2.24, 2.45) is 0 Å². The van der Waals surface area contributed by atoms with Crippen LogP contribution in [0, 0.1) is 6.92 Å². The van der Waals surface area contributed by atoms with Crippen LogP contribution in [0.4, 0.5) is 0 Å². The molecule has 0 spiro atoms. The molecule has 0 bridgehead atoms. The fourth-order valence-electron chi connectivity index (χ4n) is 2.13. The van der Waals surface area contributed by atoms with Crippen LogP contribution in [0.2, 0.25) is 0 Å². The summed E-state index contributed by atoms with van der Waals surface area (Å²) in [6, 6.07) is 7.23. The largest absolute Gasteiger partial charge is 0.357 e. The smallest absolute Gasteiger partial charge is 0.0459 e. The van der Waals surface area contributed by atoms with Crippen LogP contribution < -0.4 is 5.32 Å². The Balaban J connectivity index is 2.35. The van der Waals surface area contributed by atoms with E-state index in [-0.39, 0.29) is 0 Å². The van der Waals surface area contributed by atoms with Crippen LogP contribution in [0.3, 0.4) is 0 Å². The maximum atomic E-state index is 3.51. The number of aromatic amines is 1. The molecule has 0 amide bonds. The van der Waals surface area contributed by atoms with Gasteiger partial charge < -0.3 is 10.3 Å². The fourth-order valence-corrected chi connectivity index (χ4v) is 2.13. The van der Waals surface area contributed by atoms with Crippen LogP contribution in [0.15, 0.2) is 18.2 Å². The van der Waals surface area contributed by atoms with Crippen LogP contribution in [0.5, 0.6) is 0 Å². The number of aromatic nitrogens is 1. The van der Waals surface area contributed by atoms with E-state index in [0.717, 1.165) is 13.0 Å². The molecule has 2 rings (SSSR count). The first-order valence-corrected chi connectivity index (χ1v) is 6.45. The van der Waals surface area contributed by atoms with E-state index >= 15 is 0 Å². The highest BCUT2D eigenvalue weighted by molar-refractivity contribution is 5.85. The van der Waals surface area contributed by atoms with Crippen molar-refractivity contribution in [2.45, 2.75) is 46.7 Å². The maximum Gasteiger partial charge on any atom is 0.0459 e. The van der Waals surface area contributed by atoms with Gasteiger partial charge in [-0.2, -0.15) is 0 Å². The highest BCUT2D eigenvalue weighted by Gasteiger charge is 2.07. The molecular formula is C15H22N2. The first kappa shape index (κ1) is 12.2. The zero-order valence-electron chi connectivity index (χ0n) is 11.2. The van der Waals surface area contributed by atoms with Crippen molar-refractivity contribution >= 4 is 10.9 Å². The first-order chi connectivity index (χ1) is 8.11. The van der Waals surface area contributed by atoms with E-state index in [2.05, 4.69) is 56.2 Å². The van der Waals surface area contributed by atoms with Crippen molar-refractivity contribution in [1.29, 1.82) is 0 Å². The van der Waals surface area contributed by atoms with E-state index in [1.54, 1.807) is 0 Å². The van der Waals surface area contributed by atoms with Gasteiger partial charge >= 0.3 is 0 Å². The van der Waals surface area contributed by atoms with E-state index < -0.39 is 0 Å². The number of hydrogen-bond donors (Lipinski definition) is 2. The molecular weight excluding hydrogens is 208 g/mol. The van der Waals surface area contributed by atoms with E-state index in [0.29, 0.717) is 6.04 Å². The van der Waals surface area contributed by atoms with Crippen molar-refractivity contribution in [3.05, 3.63) is 35.0 Å². The fraction of sp³-hybridized carbons (Fsp3) is 0.467. The van der Waals surface area contributed by atoms with Gasteiger partial charge in [-0.1, -0.05) is 26.8 Å². The lowest BCUT2D eigenvalue weighted by molar-refractivity contribution is 0.582. The summed E-state index contributed by atoms with van der Waals surface area (Å²) in [7, 11) is 0. The van der Waals surface area contributed by atoms with Crippen molar-refractivity contribution in [3.8, 4) is 0 Å². The third-order valence-electron chi connectivity index (χ3n) is 3.32. The number of aryl methyl sites for hydroxylation is 2. The summed E-state index contributed by atoms with van der Waals surface area (Å²) in [4.78, 5) is 3.51. The Bertz CT molecular complexity index is 509. The molecule has 17 heavy (non-hydrogen) atoms. The Morgan fingerprint density at radius 3 is 2.71 bits per heavy atom. The van der Waals surface area contributed by atoms with E-state index in [9.17, 15) is 0 Å². The van der Waals surface area contributed by atoms with Crippen molar-refractivity contribution < 1.29 is 0 Å². The average Bonchev–Trinajstić information content (AvgIpc) is 2.63. The maximum absolute atomic E-state index is 3.51. The molecule has 0 saturated carbocycles. The molecule has 2 N–H and O–H groups in total. The number of hydrogen-bond acceptors (Lipinski definition) is 1. The second-order valence-corrected chi connectivity index (χ2v) is 5.00. The van der Waals surface area contributed by atoms with Crippen LogP contribution in [0.25, 0.3) is 10.9 Å². The number of benzene rings is 1. The van der Waals surface area contributed by atoms with Gasteiger partial charge in [-0.25, -0.2) is 0 Å². The Morgan fingerprint density at radius 1 is 1.29 bits per heavy atom. The molecule has 1 heterocycles. The van der Waals surface area contributed by atoms with Gasteiger partial charge in [0.05, 0.1) is 0 Å². The number of nitrogens with one attached hydrogen (secondary N) is 2. The minimum atomic E-state index is 0.520. The summed E-state index contributed by atoms with van der Waals surface area (Å²) in [6.45, 7) is 9.67.